The zero-order chi connectivity index (χ0) is 23.7. The molecule has 0 spiro atoms. The fraction of sp³-hybridized carbons (Fsp3) is 0.591. The molecular weight excluding hydrogens is 418 g/mol. The first-order valence-corrected chi connectivity index (χ1v) is 10.8. The van der Waals surface area contributed by atoms with Crippen LogP contribution < -0.4 is 4.74 Å². The molecule has 178 valence electrons. The SMILES string of the molecule is CCN1CCN(C(=O)C2CCN(Cc3ccc(O)c(OC)c3)CC2)CC1.O=C(O)C(=O)O. The van der Waals surface area contributed by atoms with Crippen LogP contribution in [-0.4, -0.2) is 101 Å². The van der Waals surface area contributed by atoms with Crippen LogP contribution in [0.4, 0.5) is 0 Å². The standard InChI is InChI=1S/C20H31N3O3.C2H2O4/c1-3-21-10-12-23(13-11-21)20(25)17-6-8-22(9-7-17)15-16-4-5-18(24)19(14-16)26-2;3-1(4)2(5)6/h4-5,14,17,24H,3,6-13,15H2,1-2H3;(H,3,4)(H,5,6). The Morgan fingerprint density at radius 3 is 2.06 bits per heavy atom. The highest BCUT2D eigenvalue weighted by Crippen LogP contribution is 2.28. The Morgan fingerprint density at radius 2 is 1.56 bits per heavy atom. The average Bonchev–Trinajstić information content (AvgIpc) is 2.80. The molecule has 2 saturated heterocycles. The summed E-state index contributed by atoms with van der Waals surface area (Å²) >= 11 is 0. The number of amides is 1. The van der Waals surface area contributed by atoms with Gasteiger partial charge < -0.3 is 29.9 Å². The number of carbonyl (C=O) groups excluding carboxylic acids is 1. The largest absolute Gasteiger partial charge is 0.504 e. The molecule has 2 aliphatic heterocycles. The highest BCUT2D eigenvalue weighted by molar-refractivity contribution is 6.27. The molecule has 0 aromatic heterocycles. The fourth-order valence-corrected chi connectivity index (χ4v) is 3.96. The number of rotatable bonds is 5. The Labute approximate surface area is 188 Å². The van der Waals surface area contributed by atoms with Crippen LogP contribution in [0.25, 0.3) is 0 Å². The van der Waals surface area contributed by atoms with Gasteiger partial charge in [0.1, 0.15) is 0 Å². The van der Waals surface area contributed by atoms with E-state index in [1.165, 1.54) is 0 Å². The Hall–Kier alpha value is -2.85. The fourth-order valence-electron chi connectivity index (χ4n) is 3.96. The van der Waals surface area contributed by atoms with Gasteiger partial charge in [0.15, 0.2) is 11.5 Å². The average molecular weight is 452 g/mol. The molecule has 0 radical (unpaired) electrons. The molecule has 2 heterocycles. The minimum atomic E-state index is -1.82. The molecular formula is C22H33N3O7. The molecule has 3 N–H and O–H groups in total. The molecule has 1 amide bonds. The maximum absolute atomic E-state index is 12.8. The zero-order valence-corrected chi connectivity index (χ0v) is 18.7. The molecule has 10 heteroatoms. The summed E-state index contributed by atoms with van der Waals surface area (Å²) in [6, 6.07) is 5.50. The summed E-state index contributed by atoms with van der Waals surface area (Å²) in [7, 11) is 1.57. The molecule has 0 bridgehead atoms. The van der Waals surface area contributed by atoms with E-state index >= 15 is 0 Å². The molecule has 1 aromatic carbocycles. The van der Waals surface area contributed by atoms with E-state index in [9.17, 15) is 9.90 Å². The third-order valence-corrected chi connectivity index (χ3v) is 5.90. The molecule has 2 fully saturated rings. The van der Waals surface area contributed by atoms with Gasteiger partial charge in [-0.1, -0.05) is 13.0 Å². The van der Waals surface area contributed by atoms with E-state index < -0.39 is 11.9 Å². The number of aliphatic carboxylic acids is 2. The molecule has 0 aliphatic carbocycles. The van der Waals surface area contributed by atoms with E-state index in [0.717, 1.165) is 70.8 Å². The summed E-state index contributed by atoms with van der Waals surface area (Å²) < 4.78 is 5.18. The van der Waals surface area contributed by atoms with Gasteiger partial charge in [0.25, 0.3) is 0 Å². The molecule has 10 nitrogen and oxygen atoms in total. The number of hydrogen-bond donors (Lipinski definition) is 3. The van der Waals surface area contributed by atoms with Crippen molar-refractivity contribution in [3.05, 3.63) is 23.8 Å². The maximum atomic E-state index is 12.8. The van der Waals surface area contributed by atoms with Crippen molar-refractivity contribution in [1.29, 1.82) is 0 Å². The number of nitrogens with zero attached hydrogens (tertiary/aromatic N) is 3. The van der Waals surface area contributed by atoms with E-state index in [1.807, 2.05) is 12.1 Å². The van der Waals surface area contributed by atoms with Crippen LogP contribution in [0.1, 0.15) is 25.3 Å². The number of phenolic OH excluding ortho intramolecular Hbond substituents is 1. The van der Waals surface area contributed by atoms with E-state index in [1.54, 1.807) is 13.2 Å². The summed E-state index contributed by atoms with van der Waals surface area (Å²) in [5.74, 6) is -2.44. The number of methoxy groups -OCH3 is 1. The lowest BCUT2D eigenvalue weighted by atomic mass is 9.94. The van der Waals surface area contributed by atoms with Crippen molar-refractivity contribution < 1.29 is 34.4 Å². The Bertz CT molecular complexity index is 774. The number of carboxylic acid groups (broad SMARTS) is 2. The highest BCUT2D eigenvalue weighted by atomic mass is 16.5. The number of likely N-dealkylation sites (N-methyl/N-ethyl adjacent to an activating group) is 1. The number of carboxylic acids is 2. The predicted molar refractivity (Wildman–Crippen MR) is 117 cm³/mol. The molecule has 32 heavy (non-hydrogen) atoms. The first-order chi connectivity index (χ1) is 15.2. The lowest BCUT2D eigenvalue weighted by Crippen LogP contribution is -2.51. The van der Waals surface area contributed by atoms with Gasteiger partial charge in [-0.2, -0.15) is 0 Å². The predicted octanol–water partition coefficient (Wildman–Crippen LogP) is 0.933. The number of benzene rings is 1. The van der Waals surface area contributed by atoms with Crippen LogP contribution in [0, 0.1) is 5.92 Å². The minimum absolute atomic E-state index is 0.170. The van der Waals surface area contributed by atoms with E-state index in [2.05, 4.69) is 21.6 Å². The van der Waals surface area contributed by atoms with Crippen molar-refractivity contribution in [2.45, 2.75) is 26.3 Å². The lowest BCUT2D eigenvalue weighted by molar-refractivity contribution is -0.159. The van der Waals surface area contributed by atoms with Crippen LogP contribution in [0.15, 0.2) is 18.2 Å². The number of piperidine rings is 1. The van der Waals surface area contributed by atoms with E-state index in [-0.39, 0.29) is 11.7 Å². The molecule has 0 unspecified atom stereocenters. The third kappa shape index (κ3) is 7.38. The van der Waals surface area contributed by atoms with Gasteiger partial charge >= 0.3 is 11.9 Å². The second kappa shape index (κ2) is 12.3. The topological polar surface area (TPSA) is 131 Å². The van der Waals surface area contributed by atoms with Gasteiger partial charge in [-0.05, 0) is 50.2 Å². The quantitative estimate of drug-likeness (QED) is 0.560. The summed E-state index contributed by atoms with van der Waals surface area (Å²) in [5, 5.41) is 24.5. The van der Waals surface area contributed by atoms with Gasteiger partial charge in [0.05, 0.1) is 7.11 Å². The van der Waals surface area contributed by atoms with Gasteiger partial charge in [-0.25, -0.2) is 9.59 Å². The van der Waals surface area contributed by atoms with Crippen LogP contribution in [0.3, 0.4) is 0 Å². The second-order valence-corrected chi connectivity index (χ2v) is 7.93. The molecule has 3 rings (SSSR count). The molecule has 1 aromatic rings. The number of phenols is 1. The first-order valence-electron chi connectivity index (χ1n) is 10.8. The first kappa shape index (κ1) is 25.4. The Kier molecular flexibility index (Phi) is 9.73. The lowest BCUT2D eigenvalue weighted by Gasteiger charge is -2.38. The zero-order valence-electron chi connectivity index (χ0n) is 18.7. The van der Waals surface area contributed by atoms with Gasteiger partial charge in [0, 0.05) is 38.6 Å². The van der Waals surface area contributed by atoms with Crippen molar-refractivity contribution >= 4 is 17.8 Å². The Balaban J connectivity index is 0.000000534. The van der Waals surface area contributed by atoms with Crippen molar-refractivity contribution in [1.82, 2.24) is 14.7 Å². The normalized spacial score (nSPS) is 17.9. The van der Waals surface area contributed by atoms with E-state index in [4.69, 9.17) is 24.5 Å². The summed E-state index contributed by atoms with van der Waals surface area (Å²) in [4.78, 5) is 37.8. The van der Waals surface area contributed by atoms with Crippen molar-refractivity contribution in [3.8, 4) is 11.5 Å². The third-order valence-electron chi connectivity index (χ3n) is 5.90. The summed E-state index contributed by atoms with van der Waals surface area (Å²) in [5.41, 5.74) is 1.13. The van der Waals surface area contributed by atoms with Gasteiger partial charge in [0.2, 0.25) is 5.91 Å². The molecule has 2 aliphatic rings. The smallest absolute Gasteiger partial charge is 0.414 e. The van der Waals surface area contributed by atoms with Crippen molar-refractivity contribution in [2.75, 3.05) is 52.9 Å². The van der Waals surface area contributed by atoms with E-state index in [0.29, 0.717) is 11.7 Å². The maximum Gasteiger partial charge on any atom is 0.414 e. The van der Waals surface area contributed by atoms with Crippen molar-refractivity contribution in [2.24, 2.45) is 5.92 Å². The van der Waals surface area contributed by atoms with Crippen LogP contribution in [-0.2, 0) is 20.9 Å². The van der Waals surface area contributed by atoms with Crippen LogP contribution >= 0.6 is 0 Å². The summed E-state index contributed by atoms with van der Waals surface area (Å²) in [6.07, 6.45) is 1.87. The summed E-state index contributed by atoms with van der Waals surface area (Å²) in [6.45, 7) is 9.71. The number of carbonyl (C=O) groups is 3. The van der Waals surface area contributed by atoms with Crippen LogP contribution in [0.2, 0.25) is 0 Å². The van der Waals surface area contributed by atoms with Gasteiger partial charge in [-0.3, -0.25) is 9.69 Å². The van der Waals surface area contributed by atoms with Crippen molar-refractivity contribution in [3.63, 3.8) is 0 Å². The van der Waals surface area contributed by atoms with Crippen LogP contribution in [0.5, 0.6) is 11.5 Å². The monoisotopic (exact) mass is 451 g/mol. The highest BCUT2D eigenvalue weighted by Gasteiger charge is 2.30. The second-order valence-electron chi connectivity index (χ2n) is 7.93. The molecule has 0 saturated carbocycles. The molecule has 0 atom stereocenters. The number of hydrogen-bond acceptors (Lipinski definition) is 7. The number of aromatic hydroxyl groups is 1. The van der Waals surface area contributed by atoms with Gasteiger partial charge in [-0.15, -0.1) is 0 Å². The number of ether oxygens (including phenoxy) is 1. The number of piperazine rings is 1. The minimum Gasteiger partial charge on any atom is -0.504 e. The Morgan fingerprint density at radius 1 is 0.969 bits per heavy atom. The number of likely N-dealkylation sites (tertiary alicyclic amines) is 1.